The molecule has 16 heteroatoms. The van der Waals surface area contributed by atoms with Gasteiger partial charge >= 0.3 is 11.7 Å². The van der Waals surface area contributed by atoms with E-state index in [1.54, 1.807) is 12.1 Å². The van der Waals surface area contributed by atoms with Crippen molar-refractivity contribution in [1.82, 2.24) is 24.4 Å². The minimum absolute atomic E-state index is 0.187. The maximum absolute atomic E-state index is 15.2. The van der Waals surface area contributed by atoms with Gasteiger partial charge in [-0.05, 0) is 85.1 Å². The number of hydrogen-bond acceptors (Lipinski definition) is 8. The van der Waals surface area contributed by atoms with E-state index in [9.17, 15) is 32.7 Å². The molecular formula is C37H30F2N6O7S. The molecule has 0 spiro atoms. The van der Waals surface area contributed by atoms with Crippen molar-refractivity contribution in [3.05, 3.63) is 146 Å². The average molecular weight is 741 g/mol. The van der Waals surface area contributed by atoms with Gasteiger partial charge in [0, 0.05) is 31.1 Å². The van der Waals surface area contributed by atoms with Gasteiger partial charge in [-0.1, -0.05) is 24.3 Å². The highest BCUT2D eigenvalue weighted by molar-refractivity contribution is 7.92. The molecule has 0 fully saturated rings. The molecule has 0 radical (unpaired) electrons. The number of carbonyl (C=O) groups excluding carboxylic acids is 1. The number of carbonyl (C=O) groups is 2. The first kappa shape index (κ1) is 36.2. The first-order valence-electron chi connectivity index (χ1n) is 15.9. The smallest absolute Gasteiger partial charge is 0.335 e. The Hall–Kier alpha value is -6.55. The maximum Gasteiger partial charge on any atom is 0.335 e. The largest absolute Gasteiger partial charge is 0.480 e. The van der Waals surface area contributed by atoms with Crippen LogP contribution in [0.1, 0.15) is 27.3 Å². The Morgan fingerprint density at radius 2 is 1.51 bits per heavy atom. The third kappa shape index (κ3) is 7.43. The van der Waals surface area contributed by atoms with Gasteiger partial charge in [-0.3, -0.25) is 28.8 Å². The number of aromatic nitrogens is 4. The van der Waals surface area contributed by atoms with Gasteiger partial charge in [0.2, 0.25) is 0 Å². The molecule has 0 saturated carbocycles. The second kappa shape index (κ2) is 14.2. The zero-order valence-electron chi connectivity index (χ0n) is 28.3. The molecule has 0 saturated heterocycles. The number of amides is 1. The van der Waals surface area contributed by atoms with E-state index < -0.39 is 62.1 Å². The summed E-state index contributed by atoms with van der Waals surface area (Å²) in [7, 11) is -2.83. The summed E-state index contributed by atoms with van der Waals surface area (Å²) in [5.74, 6) is -5.78. The molecule has 53 heavy (non-hydrogen) atoms. The van der Waals surface area contributed by atoms with Gasteiger partial charge in [-0.25, -0.2) is 31.4 Å². The molecule has 3 aromatic heterocycles. The molecule has 1 amide bonds. The number of nitrogens with one attached hydrogen (secondary N) is 2. The second-order valence-corrected chi connectivity index (χ2v) is 13.9. The molecular weight excluding hydrogens is 711 g/mol. The van der Waals surface area contributed by atoms with Gasteiger partial charge in [-0.2, -0.15) is 0 Å². The van der Waals surface area contributed by atoms with Crippen LogP contribution < -0.4 is 21.3 Å². The van der Waals surface area contributed by atoms with Gasteiger partial charge in [0.25, 0.3) is 21.5 Å². The van der Waals surface area contributed by atoms with Crippen LogP contribution in [0.25, 0.3) is 27.7 Å². The van der Waals surface area contributed by atoms with E-state index in [0.717, 1.165) is 27.1 Å². The van der Waals surface area contributed by atoms with Crippen LogP contribution >= 0.6 is 0 Å². The Labute approximate surface area is 300 Å². The number of fused-ring (bicyclic) bond motifs is 1. The number of pyridine rings is 2. The molecule has 0 aliphatic carbocycles. The SMILES string of the molecule is Cc1cc(-c2ccc(S(=O)(=O)Nc3cc(F)c(C(=O)N[C@@H](Cc4ccc(-n5c(=O)c6ccncc6n(C)c5=O)cc4)C(=O)O)c(F)c3)cc2)cc(C)n1. The van der Waals surface area contributed by atoms with E-state index in [1.165, 1.54) is 66.5 Å². The Bertz CT molecular complexity index is 2620. The summed E-state index contributed by atoms with van der Waals surface area (Å²) in [6, 6.07) is 16.3. The Morgan fingerprint density at radius 1 is 0.887 bits per heavy atom. The van der Waals surface area contributed by atoms with Gasteiger partial charge in [0.1, 0.15) is 23.2 Å². The summed E-state index contributed by atoms with van der Waals surface area (Å²) in [4.78, 5) is 59.2. The number of nitrogens with zero attached hydrogens (tertiary/aromatic N) is 4. The molecule has 3 N–H and O–H groups in total. The van der Waals surface area contributed by atoms with Crippen molar-refractivity contribution < 1.29 is 31.9 Å². The van der Waals surface area contributed by atoms with Crippen LogP contribution in [-0.2, 0) is 28.3 Å². The van der Waals surface area contributed by atoms with Crippen LogP contribution in [0.4, 0.5) is 14.5 Å². The normalized spacial score (nSPS) is 12.0. The number of halogens is 2. The van der Waals surface area contributed by atoms with Crippen molar-refractivity contribution in [1.29, 1.82) is 0 Å². The van der Waals surface area contributed by atoms with Crippen molar-refractivity contribution in [3.8, 4) is 16.8 Å². The molecule has 6 rings (SSSR count). The molecule has 3 heterocycles. The van der Waals surface area contributed by atoms with Crippen LogP contribution in [-0.4, -0.2) is 50.5 Å². The molecule has 13 nitrogen and oxygen atoms in total. The predicted octanol–water partition coefficient (Wildman–Crippen LogP) is 4.27. The van der Waals surface area contributed by atoms with E-state index in [0.29, 0.717) is 23.2 Å². The number of carboxylic acid groups (broad SMARTS) is 1. The molecule has 270 valence electrons. The molecule has 6 aromatic rings. The van der Waals surface area contributed by atoms with Crippen LogP contribution in [0.15, 0.2) is 106 Å². The lowest BCUT2D eigenvalue weighted by Crippen LogP contribution is -2.43. The number of sulfonamides is 1. The summed E-state index contributed by atoms with van der Waals surface area (Å²) in [6.07, 6.45) is 2.48. The molecule has 0 unspecified atom stereocenters. The number of rotatable bonds is 10. The van der Waals surface area contributed by atoms with Gasteiger partial charge in [0.05, 0.1) is 33.4 Å². The highest BCUT2D eigenvalue weighted by Crippen LogP contribution is 2.26. The summed E-state index contributed by atoms with van der Waals surface area (Å²) in [6.45, 7) is 3.67. The minimum atomic E-state index is -4.31. The van der Waals surface area contributed by atoms with E-state index in [1.807, 2.05) is 26.0 Å². The van der Waals surface area contributed by atoms with Crippen LogP contribution in [0.2, 0.25) is 0 Å². The van der Waals surface area contributed by atoms with Crippen molar-refractivity contribution in [2.75, 3.05) is 4.72 Å². The molecule has 0 bridgehead atoms. The van der Waals surface area contributed by atoms with Crippen molar-refractivity contribution in [2.24, 2.45) is 7.05 Å². The quantitative estimate of drug-likeness (QED) is 0.185. The van der Waals surface area contributed by atoms with E-state index in [2.05, 4.69) is 20.0 Å². The fraction of sp³-hybridized carbons (Fsp3) is 0.135. The van der Waals surface area contributed by atoms with Crippen LogP contribution in [0.5, 0.6) is 0 Å². The van der Waals surface area contributed by atoms with Crippen molar-refractivity contribution >= 4 is 38.5 Å². The Balaban J connectivity index is 1.16. The first-order chi connectivity index (χ1) is 25.1. The number of hydrogen-bond donors (Lipinski definition) is 3. The average Bonchev–Trinajstić information content (AvgIpc) is 3.10. The Morgan fingerprint density at radius 3 is 2.11 bits per heavy atom. The van der Waals surface area contributed by atoms with Gasteiger partial charge < -0.3 is 10.4 Å². The van der Waals surface area contributed by atoms with E-state index in [-0.39, 0.29) is 22.4 Å². The molecule has 1 atom stereocenters. The summed E-state index contributed by atoms with van der Waals surface area (Å²) in [5, 5.41) is 12.2. The predicted molar refractivity (Wildman–Crippen MR) is 191 cm³/mol. The lowest BCUT2D eigenvalue weighted by Gasteiger charge is -2.16. The number of aryl methyl sites for hydroxylation is 3. The van der Waals surface area contributed by atoms with Gasteiger partial charge in [0.15, 0.2) is 0 Å². The number of aliphatic carboxylic acids is 1. The monoisotopic (exact) mass is 740 g/mol. The highest BCUT2D eigenvalue weighted by atomic mass is 32.2. The molecule has 3 aromatic carbocycles. The fourth-order valence-corrected chi connectivity index (χ4v) is 6.90. The third-order valence-corrected chi connectivity index (χ3v) is 9.81. The number of carboxylic acids is 1. The second-order valence-electron chi connectivity index (χ2n) is 12.2. The number of anilines is 1. The van der Waals surface area contributed by atoms with Crippen LogP contribution in [0, 0.1) is 25.5 Å². The topological polar surface area (TPSA) is 182 Å². The van der Waals surface area contributed by atoms with E-state index in [4.69, 9.17) is 0 Å². The summed E-state index contributed by atoms with van der Waals surface area (Å²) in [5.41, 5.74) is 1.16. The summed E-state index contributed by atoms with van der Waals surface area (Å²) >= 11 is 0. The maximum atomic E-state index is 15.2. The van der Waals surface area contributed by atoms with E-state index >= 15 is 8.78 Å². The first-order valence-corrected chi connectivity index (χ1v) is 17.4. The standard InChI is InChI=1S/C37H30F2N6O7S/c1-20-14-24(15-21(2)41-20)23-6-10-27(11-7-23)53(51,52)43-25-17-29(38)33(30(39)18-25)34(46)42-31(36(48)49)16-22-4-8-26(9-5-22)45-35(47)28-12-13-40-19-32(28)44(3)37(45)50/h4-15,17-19,31,43H,16H2,1-3H3,(H,42,46)(H,48,49)/t31-/m0/s1. The highest BCUT2D eigenvalue weighted by Gasteiger charge is 2.27. The van der Waals surface area contributed by atoms with Crippen molar-refractivity contribution in [2.45, 2.75) is 31.2 Å². The number of benzene rings is 3. The zero-order chi connectivity index (χ0) is 38.2. The van der Waals surface area contributed by atoms with Crippen LogP contribution in [0.3, 0.4) is 0 Å². The lowest BCUT2D eigenvalue weighted by molar-refractivity contribution is -0.139. The minimum Gasteiger partial charge on any atom is -0.480 e. The lowest BCUT2D eigenvalue weighted by atomic mass is 10.0. The summed E-state index contributed by atoms with van der Waals surface area (Å²) < 4.78 is 60.7. The molecule has 0 aliphatic rings. The zero-order valence-corrected chi connectivity index (χ0v) is 29.1. The van der Waals surface area contributed by atoms with Gasteiger partial charge in [-0.15, -0.1) is 0 Å². The molecule has 0 aliphatic heterocycles. The third-order valence-electron chi connectivity index (χ3n) is 8.41. The Kier molecular flexibility index (Phi) is 9.73. The fourth-order valence-electron chi connectivity index (χ4n) is 5.86. The van der Waals surface area contributed by atoms with Crippen molar-refractivity contribution in [3.63, 3.8) is 0 Å².